The molecular formula is C15H21N3OS. The second kappa shape index (κ2) is 7.17. The van der Waals surface area contributed by atoms with Crippen molar-refractivity contribution in [2.45, 2.75) is 13.5 Å². The Balaban J connectivity index is 1.96. The smallest absolute Gasteiger partial charge is 0.0606 e. The second-order valence-electron chi connectivity index (χ2n) is 4.50. The highest BCUT2D eigenvalue weighted by Gasteiger charge is 2.04. The summed E-state index contributed by atoms with van der Waals surface area (Å²) in [4.78, 5) is 3.30. The molecule has 0 bridgehead atoms. The topological polar surface area (TPSA) is 61.5 Å². The van der Waals surface area contributed by atoms with Crippen LogP contribution in [-0.2, 0) is 6.54 Å². The number of benzene rings is 1. The summed E-state index contributed by atoms with van der Waals surface area (Å²) in [5.41, 5.74) is 8.90. The van der Waals surface area contributed by atoms with Gasteiger partial charge >= 0.3 is 0 Å². The van der Waals surface area contributed by atoms with Gasteiger partial charge in [0.25, 0.3) is 0 Å². The van der Waals surface area contributed by atoms with Gasteiger partial charge in [-0.1, -0.05) is 0 Å². The normalized spacial score (nSPS) is 10.5. The van der Waals surface area contributed by atoms with Crippen LogP contribution in [0.25, 0.3) is 0 Å². The van der Waals surface area contributed by atoms with E-state index in [1.165, 1.54) is 0 Å². The molecule has 5 heteroatoms. The van der Waals surface area contributed by atoms with Crippen LogP contribution in [0.2, 0.25) is 0 Å². The minimum atomic E-state index is 0.172. The van der Waals surface area contributed by atoms with Crippen molar-refractivity contribution in [1.82, 2.24) is 0 Å². The molecule has 0 atom stereocenters. The number of likely N-dealkylation sites (N-methyl/N-ethyl adjacent to an activating group) is 1. The maximum atomic E-state index is 9.03. The number of hydrogen-bond acceptors (Lipinski definition) is 5. The number of hydrogen-bond donors (Lipinski definition) is 3. The quantitative estimate of drug-likeness (QED) is 0.734. The molecule has 20 heavy (non-hydrogen) atoms. The van der Waals surface area contributed by atoms with Crippen molar-refractivity contribution in [3.05, 3.63) is 40.6 Å². The SMILES string of the molecule is CCN(CCO)c1ccc(NCc2sccc2N)cc1. The number of thiophene rings is 1. The number of aliphatic hydroxyl groups is 1. The molecule has 0 saturated heterocycles. The molecule has 1 aromatic carbocycles. The molecule has 0 spiro atoms. The van der Waals surface area contributed by atoms with Gasteiger partial charge in [-0.2, -0.15) is 0 Å². The molecule has 108 valence electrons. The first-order chi connectivity index (χ1) is 9.74. The van der Waals surface area contributed by atoms with Crippen LogP contribution in [0, 0.1) is 0 Å². The third-order valence-electron chi connectivity index (χ3n) is 3.22. The molecule has 4 N–H and O–H groups in total. The van der Waals surface area contributed by atoms with E-state index in [0.29, 0.717) is 6.54 Å². The predicted molar refractivity (Wildman–Crippen MR) is 87.5 cm³/mol. The Morgan fingerprint density at radius 3 is 2.55 bits per heavy atom. The molecule has 0 fully saturated rings. The van der Waals surface area contributed by atoms with E-state index in [1.807, 2.05) is 11.4 Å². The maximum Gasteiger partial charge on any atom is 0.0606 e. The lowest BCUT2D eigenvalue weighted by molar-refractivity contribution is 0.302. The lowest BCUT2D eigenvalue weighted by Crippen LogP contribution is -2.25. The summed E-state index contributed by atoms with van der Waals surface area (Å²) in [5, 5.41) is 14.4. The van der Waals surface area contributed by atoms with Gasteiger partial charge in [0.1, 0.15) is 0 Å². The summed E-state index contributed by atoms with van der Waals surface area (Å²) in [7, 11) is 0. The largest absolute Gasteiger partial charge is 0.398 e. The third-order valence-corrected chi connectivity index (χ3v) is 4.15. The van der Waals surface area contributed by atoms with Crippen LogP contribution in [0.5, 0.6) is 0 Å². The van der Waals surface area contributed by atoms with Gasteiger partial charge in [0.05, 0.1) is 13.2 Å². The van der Waals surface area contributed by atoms with Gasteiger partial charge in [-0.3, -0.25) is 0 Å². The Hall–Kier alpha value is -1.72. The van der Waals surface area contributed by atoms with Crippen LogP contribution < -0.4 is 16.0 Å². The fraction of sp³-hybridized carbons (Fsp3) is 0.333. The van der Waals surface area contributed by atoms with Gasteiger partial charge in [-0.25, -0.2) is 0 Å². The van der Waals surface area contributed by atoms with Crippen LogP contribution in [0.15, 0.2) is 35.7 Å². The van der Waals surface area contributed by atoms with Crippen molar-refractivity contribution in [3.8, 4) is 0 Å². The summed E-state index contributed by atoms with van der Waals surface area (Å²) >= 11 is 1.66. The lowest BCUT2D eigenvalue weighted by atomic mass is 10.2. The summed E-state index contributed by atoms with van der Waals surface area (Å²) in [5.74, 6) is 0. The fourth-order valence-electron chi connectivity index (χ4n) is 2.06. The number of aliphatic hydroxyl groups excluding tert-OH is 1. The van der Waals surface area contributed by atoms with Crippen LogP contribution >= 0.6 is 11.3 Å². The van der Waals surface area contributed by atoms with Crippen molar-refractivity contribution in [3.63, 3.8) is 0 Å². The molecule has 1 heterocycles. The number of anilines is 3. The monoisotopic (exact) mass is 291 g/mol. The first-order valence-electron chi connectivity index (χ1n) is 6.76. The summed E-state index contributed by atoms with van der Waals surface area (Å²) in [6.07, 6.45) is 0. The average Bonchev–Trinajstić information content (AvgIpc) is 2.89. The molecule has 0 unspecified atom stereocenters. The molecule has 0 saturated carbocycles. The zero-order valence-electron chi connectivity index (χ0n) is 11.7. The van der Waals surface area contributed by atoms with Crippen LogP contribution in [0.1, 0.15) is 11.8 Å². The van der Waals surface area contributed by atoms with E-state index in [9.17, 15) is 0 Å². The lowest BCUT2D eigenvalue weighted by Gasteiger charge is -2.22. The van der Waals surface area contributed by atoms with Gasteiger partial charge in [0, 0.05) is 35.0 Å². The highest BCUT2D eigenvalue weighted by molar-refractivity contribution is 7.10. The third kappa shape index (κ3) is 3.65. The Bertz CT molecular complexity index is 524. The Morgan fingerprint density at radius 2 is 2.00 bits per heavy atom. The second-order valence-corrected chi connectivity index (χ2v) is 5.50. The van der Waals surface area contributed by atoms with E-state index in [4.69, 9.17) is 10.8 Å². The van der Waals surface area contributed by atoms with Crippen molar-refractivity contribution >= 4 is 28.4 Å². The Labute approximate surface area is 123 Å². The Kier molecular flexibility index (Phi) is 5.26. The maximum absolute atomic E-state index is 9.03. The molecule has 0 radical (unpaired) electrons. The van der Waals surface area contributed by atoms with Gasteiger partial charge < -0.3 is 21.1 Å². The zero-order chi connectivity index (χ0) is 14.4. The first-order valence-corrected chi connectivity index (χ1v) is 7.64. The van der Waals surface area contributed by atoms with E-state index < -0.39 is 0 Å². The van der Waals surface area contributed by atoms with Gasteiger partial charge in [-0.15, -0.1) is 11.3 Å². The Morgan fingerprint density at radius 1 is 1.25 bits per heavy atom. The molecule has 0 aliphatic carbocycles. The molecule has 2 aromatic rings. The van der Waals surface area contributed by atoms with Crippen molar-refractivity contribution in [2.75, 3.05) is 35.6 Å². The number of rotatable bonds is 7. The number of nitrogen functional groups attached to an aromatic ring is 1. The minimum Gasteiger partial charge on any atom is -0.398 e. The molecule has 0 amide bonds. The summed E-state index contributed by atoms with van der Waals surface area (Å²) in [6.45, 7) is 4.55. The molecule has 1 aromatic heterocycles. The average molecular weight is 291 g/mol. The van der Waals surface area contributed by atoms with Crippen LogP contribution in [-0.4, -0.2) is 24.8 Å². The molecule has 2 rings (SSSR count). The van der Waals surface area contributed by atoms with Crippen LogP contribution in [0.3, 0.4) is 0 Å². The fourth-order valence-corrected chi connectivity index (χ4v) is 2.80. The van der Waals surface area contributed by atoms with E-state index in [0.717, 1.165) is 35.0 Å². The van der Waals surface area contributed by atoms with E-state index in [-0.39, 0.29) is 6.61 Å². The zero-order valence-corrected chi connectivity index (χ0v) is 12.5. The van der Waals surface area contributed by atoms with Crippen LogP contribution in [0.4, 0.5) is 17.1 Å². The number of nitrogens with one attached hydrogen (secondary N) is 1. The van der Waals surface area contributed by atoms with E-state index >= 15 is 0 Å². The standard InChI is InChI=1S/C15H21N3OS/c1-2-18(8-9-19)13-5-3-12(4-6-13)17-11-15-14(16)7-10-20-15/h3-7,10,17,19H,2,8-9,11,16H2,1H3. The van der Waals surface area contributed by atoms with Gasteiger partial charge in [-0.05, 0) is 42.6 Å². The first kappa shape index (κ1) is 14.7. The number of nitrogens with two attached hydrogens (primary N) is 1. The minimum absolute atomic E-state index is 0.172. The van der Waals surface area contributed by atoms with E-state index in [1.54, 1.807) is 11.3 Å². The van der Waals surface area contributed by atoms with Gasteiger partial charge in [0.2, 0.25) is 0 Å². The summed E-state index contributed by atoms with van der Waals surface area (Å²) < 4.78 is 0. The highest BCUT2D eigenvalue weighted by Crippen LogP contribution is 2.22. The van der Waals surface area contributed by atoms with Crippen molar-refractivity contribution < 1.29 is 5.11 Å². The van der Waals surface area contributed by atoms with E-state index in [2.05, 4.69) is 41.4 Å². The van der Waals surface area contributed by atoms with Gasteiger partial charge in [0.15, 0.2) is 0 Å². The summed E-state index contributed by atoms with van der Waals surface area (Å²) in [6, 6.07) is 10.2. The predicted octanol–water partition coefficient (Wildman–Crippen LogP) is 2.76. The highest BCUT2D eigenvalue weighted by atomic mass is 32.1. The molecule has 4 nitrogen and oxygen atoms in total. The molecule has 0 aliphatic rings. The molecule has 0 aliphatic heterocycles. The van der Waals surface area contributed by atoms with Crippen molar-refractivity contribution in [2.24, 2.45) is 0 Å². The molecular weight excluding hydrogens is 270 g/mol. The number of nitrogens with zero attached hydrogens (tertiary/aromatic N) is 1. The van der Waals surface area contributed by atoms with Crippen molar-refractivity contribution in [1.29, 1.82) is 0 Å².